The maximum absolute atomic E-state index is 3.53. The summed E-state index contributed by atoms with van der Waals surface area (Å²) in [6.45, 7) is 14.4. The van der Waals surface area contributed by atoms with Crippen molar-refractivity contribution in [1.29, 1.82) is 0 Å². The summed E-state index contributed by atoms with van der Waals surface area (Å²) in [6, 6.07) is 6.91. The first-order valence-corrected chi connectivity index (χ1v) is 7.83. The Morgan fingerprint density at radius 3 is 2.60 bits per heavy atom. The number of benzene rings is 1. The van der Waals surface area contributed by atoms with E-state index in [1.807, 2.05) is 0 Å². The first-order chi connectivity index (χ1) is 9.54. The van der Waals surface area contributed by atoms with Gasteiger partial charge >= 0.3 is 0 Å². The molecule has 0 spiro atoms. The summed E-state index contributed by atoms with van der Waals surface area (Å²) in [5.41, 5.74) is 5.61. The zero-order chi connectivity index (χ0) is 14.7. The van der Waals surface area contributed by atoms with Crippen LogP contribution >= 0.6 is 0 Å². The van der Waals surface area contributed by atoms with Crippen molar-refractivity contribution in [3.05, 3.63) is 35.0 Å². The highest BCUT2D eigenvalue weighted by Crippen LogP contribution is 2.26. The van der Waals surface area contributed by atoms with E-state index in [1.165, 1.54) is 34.1 Å². The Morgan fingerprint density at radius 2 is 1.95 bits per heavy atom. The number of fused-ring (bicyclic) bond motifs is 1. The van der Waals surface area contributed by atoms with Crippen LogP contribution in [0.1, 0.15) is 44.0 Å². The predicted molar refractivity (Wildman–Crippen MR) is 88.2 cm³/mol. The number of hydrogen-bond donors (Lipinski definition) is 1. The van der Waals surface area contributed by atoms with Crippen LogP contribution in [0.25, 0.3) is 10.9 Å². The third kappa shape index (κ3) is 3.06. The zero-order valence-electron chi connectivity index (χ0n) is 13.6. The van der Waals surface area contributed by atoms with E-state index >= 15 is 0 Å². The summed E-state index contributed by atoms with van der Waals surface area (Å²) in [6.07, 6.45) is 1.18. The molecule has 2 rings (SSSR count). The third-order valence-electron chi connectivity index (χ3n) is 4.03. The minimum Gasteiger partial charge on any atom is -0.345 e. The fourth-order valence-electron chi connectivity index (χ4n) is 2.82. The van der Waals surface area contributed by atoms with E-state index in [0.29, 0.717) is 5.92 Å². The maximum atomic E-state index is 3.53. The van der Waals surface area contributed by atoms with Gasteiger partial charge in [-0.05, 0) is 56.0 Å². The molecule has 2 nitrogen and oxygen atoms in total. The number of aromatic nitrogens is 1. The lowest BCUT2D eigenvalue weighted by Gasteiger charge is -2.09. The lowest BCUT2D eigenvalue weighted by Crippen LogP contribution is -2.18. The Hall–Kier alpha value is -1.28. The summed E-state index contributed by atoms with van der Waals surface area (Å²) in [4.78, 5) is 0. The lowest BCUT2D eigenvalue weighted by atomic mass is 10.1. The molecule has 1 aromatic heterocycles. The molecule has 0 saturated carbocycles. The van der Waals surface area contributed by atoms with Crippen LogP contribution in [-0.2, 0) is 13.1 Å². The minimum absolute atomic E-state index is 0.702. The summed E-state index contributed by atoms with van der Waals surface area (Å²) < 4.78 is 2.45. The Bertz CT molecular complexity index is 579. The fourth-order valence-corrected chi connectivity index (χ4v) is 2.82. The highest BCUT2D eigenvalue weighted by Gasteiger charge is 2.10. The molecule has 0 fully saturated rings. The van der Waals surface area contributed by atoms with E-state index in [4.69, 9.17) is 0 Å². The second-order valence-corrected chi connectivity index (χ2v) is 6.24. The van der Waals surface area contributed by atoms with Gasteiger partial charge in [-0.1, -0.05) is 26.8 Å². The molecule has 0 radical (unpaired) electrons. The Balaban J connectivity index is 2.27. The van der Waals surface area contributed by atoms with Gasteiger partial charge in [0.15, 0.2) is 0 Å². The highest BCUT2D eigenvalue weighted by atomic mass is 15.0. The second kappa shape index (κ2) is 6.45. The van der Waals surface area contributed by atoms with Gasteiger partial charge in [0.05, 0.1) is 0 Å². The second-order valence-electron chi connectivity index (χ2n) is 6.24. The zero-order valence-corrected chi connectivity index (χ0v) is 13.6. The molecule has 0 saturated heterocycles. The van der Waals surface area contributed by atoms with E-state index in [1.54, 1.807) is 0 Å². The van der Waals surface area contributed by atoms with Crippen LogP contribution in [0, 0.1) is 19.8 Å². The van der Waals surface area contributed by atoms with E-state index in [9.17, 15) is 0 Å². The number of nitrogens with one attached hydrogen (secondary N) is 1. The summed E-state index contributed by atoms with van der Waals surface area (Å²) in [7, 11) is 0. The van der Waals surface area contributed by atoms with Gasteiger partial charge in [-0.15, -0.1) is 0 Å². The van der Waals surface area contributed by atoms with Crippen LogP contribution in [0.3, 0.4) is 0 Å². The van der Waals surface area contributed by atoms with Gasteiger partial charge in [-0.3, -0.25) is 0 Å². The number of aryl methyl sites for hydroxylation is 2. The van der Waals surface area contributed by atoms with E-state index in [0.717, 1.165) is 19.6 Å². The van der Waals surface area contributed by atoms with Gasteiger partial charge in [-0.2, -0.15) is 0 Å². The molecule has 1 N–H and O–H groups in total. The lowest BCUT2D eigenvalue weighted by molar-refractivity contribution is 0.552. The van der Waals surface area contributed by atoms with Crippen molar-refractivity contribution in [2.45, 2.75) is 54.1 Å². The van der Waals surface area contributed by atoms with Gasteiger partial charge in [0.25, 0.3) is 0 Å². The number of hydrogen-bond acceptors (Lipinski definition) is 1. The van der Waals surface area contributed by atoms with Gasteiger partial charge in [0.1, 0.15) is 0 Å². The largest absolute Gasteiger partial charge is 0.345 e. The normalized spacial score (nSPS) is 11.7. The van der Waals surface area contributed by atoms with Gasteiger partial charge in [0, 0.05) is 29.7 Å². The molecule has 2 aromatic rings. The molecule has 0 aliphatic rings. The average molecular weight is 272 g/mol. The molecule has 0 bridgehead atoms. The third-order valence-corrected chi connectivity index (χ3v) is 4.03. The van der Waals surface area contributed by atoms with Gasteiger partial charge in [0.2, 0.25) is 0 Å². The quantitative estimate of drug-likeness (QED) is 0.824. The fraction of sp³-hybridized carbons (Fsp3) is 0.556. The number of nitrogens with zero attached hydrogens (tertiary/aromatic N) is 1. The van der Waals surface area contributed by atoms with Crippen molar-refractivity contribution >= 4 is 10.9 Å². The molecular formula is C18H28N2. The molecule has 0 aliphatic carbocycles. The van der Waals surface area contributed by atoms with Crippen LogP contribution < -0.4 is 5.32 Å². The molecule has 0 atom stereocenters. The van der Waals surface area contributed by atoms with E-state index < -0.39 is 0 Å². The van der Waals surface area contributed by atoms with Crippen molar-refractivity contribution in [3.63, 3.8) is 0 Å². The van der Waals surface area contributed by atoms with Gasteiger partial charge < -0.3 is 9.88 Å². The van der Waals surface area contributed by atoms with E-state index in [-0.39, 0.29) is 0 Å². The number of rotatable bonds is 6. The minimum atomic E-state index is 0.702. The van der Waals surface area contributed by atoms with Crippen LogP contribution in [-0.4, -0.2) is 11.1 Å². The van der Waals surface area contributed by atoms with Crippen molar-refractivity contribution in [3.8, 4) is 0 Å². The van der Waals surface area contributed by atoms with Crippen LogP contribution in [0.2, 0.25) is 0 Å². The molecule has 1 heterocycles. The van der Waals surface area contributed by atoms with Crippen LogP contribution in [0.15, 0.2) is 18.2 Å². The summed E-state index contributed by atoms with van der Waals surface area (Å²) in [5, 5.41) is 4.94. The highest BCUT2D eigenvalue weighted by molar-refractivity contribution is 5.86. The smallest absolute Gasteiger partial charge is 0.0485 e. The van der Waals surface area contributed by atoms with Gasteiger partial charge in [-0.25, -0.2) is 0 Å². The maximum Gasteiger partial charge on any atom is 0.0485 e. The first kappa shape index (κ1) is 15.1. The Labute approximate surface area is 123 Å². The molecule has 2 heteroatoms. The SMILES string of the molecule is CCCn1c(C)c(C)c2cc(CNCC(C)C)ccc21. The molecule has 1 aromatic carbocycles. The molecule has 0 aliphatic heterocycles. The van der Waals surface area contributed by atoms with Crippen LogP contribution in [0.5, 0.6) is 0 Å². The molecular weight excluding hydrogens is 244 g/mol. The van der Waals surface area contributed by atoms with Crippen molar-refractivity contribution in [1.82, 2.24) is 9.88 Å². The van der Waals surface area contributed by atoms with Crippen LogP contribution in [0.4, 0.5) is 0 Å². The van der Waals surface area contributed by atoms with Crippen molar-refractivity contribution in [2.24, 2.45) is 5.92 Å². The molecule has 0 amide bonds. The first-order valence-electron chi connectivity index (χ1n) is 7.83. The van der Waals surface area contributed by atoms with Crippen molar-refractivity contribution in [2.75, 3.05) is 6.54 Å². The predicted octanol–water partition coefficient (Wildman–Crippen LogP) is 4.41. The standard InChI is InChI=1S/C18H28N2/c1-6-9-20-15(5)14(4)17-10-16(7-8-18(17)20)12-19-11-13(2)3/h7-8,10,13,19H,6,9,11-12H2,1-5H3. The average Bonchev–Trinajstić information content (AvgIpc) is 2.64. The van der Waals surface area contributed by atoms with Crippen molar-refractivity contribution < 1.29 is 0 Å². The molecule has 110 valence electrons. The summed E-state index contributed by atoms with van der Waals surface area (Å²) >= 11 is 0. The monoisotopic (exact) mass is 272 g/mol. The Kier molecular flexibility index (Phi) is 4.87. The molecule has 20 heavy (non-hydrogen) atoms. The summed E-state index contributed by atoms with van der Waals surface area (Å²) in [5.74, 6) is 0.702. The molecule has 0 unspecified atom stereocenters. The Morgan fingerprint density at radius 1 is 1.20 bits per heavy atom. The van der Waals surface area contributed by atoms with E-state index in [2.05, 4.69) is 62.7 Å². The topological polar surface area (TPSA) is 17.0 Å².